The molecule has 0 saturated carbocycles. The molecule has 0 heterocycles. The van der Waals surface area contributed by atoms with Gasteiger partial charge in [-0.05, 0) is 31.4 Å². The molecule has 156 valence electrons. The van der Waals surface area contributed by atoms with Crippen LogP contribution in [0.25, 0.3) is 0 Å². The fraction of sp³-hybridized carbons (Fsp3) is 0.727. The SMILES string of the molecule is CCCCCCCCCC(CCCCC)S(=O)(=O)Oc1cccc(C)c1O. The van der Waals surface area contributed by atoms with Crippen LogP contribution < -0.4 is 4.18 Å². The van der Waals surface area contributed by atoms with Gasteiger partial charge in [0.05, 0.1) is 5.25 Å². The van der Waals surface area contributed by atoms with Crippen LogP contribution in [0.2, 0.25) is 0 Å². The molecule has 0 aromatic heterocycles. The summed E-state index contributed by atoms with van der Waals surface area (Å²) in [5.74, 6) is -0.0561. The molecule has 0 amide bonds. The van der Waals surface area contributed by atoms with Crippen LogP contribution >= 0.6 is 0 Å². The minimum absolute atomic E-state index is 0.0371. The highest BCUT2D eigenvalue weighted by Gasteiger charge is 2.28. The molecule has 0 bridgehead atoms. The molecule has 1 aromatic rings. The first-order chi connectivity index (χ1) is 12.9. The van der Waals surface area contributed by atoms with Gasteiger partial charge < -0.3 is 9.29 Å². The minimum atomic E-state index is -3.76. The molecule has 1 N–H and O–H groups in total. The standard InChI is InChI=1S/C22H38O4S/c1-4-6-8-9-10-11-13-17-20(16-12-7-5-2)27(24,25)26-21-18-14-15-19(3)22(21)23/h14-15,18,20,23H,4-13,16-17H2,1-3H3. The summed E-state index contributed by atoms with van der Waals surface area (Å²) in [5.41, 5.74) is 0.609. The summed E-state index contributed by atoms with van der Waals surface area (Å²) in [6.45, 7) is 6.05. The Morgan fingerprint density at radius 3 is 2.04 bits per heavy atom. The van der Waals surface area contributed by atoms with Crippen molar-refractivity contribution in [3.05, 3.63) is 23.8 Å². The number of aryl methyl sites for hydroxylation is 1. The van der Waals surface area contributed by atoms with E-state index in [1.54, 1.807) is 19.1 Å². The average molecular weight is 399 g/mol. The molecule has 0 aliphatic heterocycles. The number of aromatic hydroxyl groups is 1. The first-order valence-corrected chi connectivity index (χ1v) is 12.1. The van der Waals surface area contributed by atoms with E-state index in [4.69, 9.17) is 4.18 Å². The van der Waals surface area contributed by atoms with E-state index in [2.05, 4.69) is 13.8 Å². The zero-order valence-electron chi connectivity index (χ0n) is 17.4. The molecule has 0 radical (unpaired) electrons. The summed E-state index contributed by atoms with van der Waals surface area (Å²) in [4.78, 5) is 0. The molecular formula is C22H38O4S. The van der Waals surface area contributed by atoms with Crippen molar-refractivity contribution in [2.24, 2.45) is 0 Å². The summed E-state index contributed by atoms with van der Waals surface area (Å²) < 4.78 is 31.0. The van der Waals surface area contributed by atoms with Gasteiger partial charge >= 0.3 is 10.1 Å². The molecular weight excluding hydrogens is 360 g/mol. The van der Waals surface area contributed by atoms with E-state index in [0.717, 1.165) is 32.1 Å². The lowest BCUT2D eigenvalue weighted by Crippen LogP contribution is -2.26. The first kappa shape index (κ1) is 23.8. The quantitative estimate of drug-likeness (QED) is 0.270. The van der Waals surface area contributed by atoms with E-state index in [-0.39, 0.29) is 11.5 Å². The highest BCUT2D eigenvalue weighted by atomic mass is 32.2. The van der Waals surface area contributed by atoms with Crippen molar-refractivity contribution in [2.75, 3.05) is 0 Å². The highest BCUT2D eigenvalue weighted by molar-refractivity contribution is 7.87. The predicted molar refractivity (Wildman–Crippen MR) is 113 cm³/mol. The number of hydrogen-bond donors (Lipinski definition) is 1. The van der Waals surface area contributed by atoms with Crippen molar-refractivity contribution in [3.8, 4) is 11.5 Å². The average Bonchev–Trinajstić information content (AvgIpc) is 2.63. The summed E-state index contributed by atoms with van der Waals surface area (Å²) in [6, 6.07) is 4.94. The third-order valence-electron chi connectivity index (χ3n) is 5.07. The normalized spacial score (nSPS) is 12.9. The maximum absolute atomic E-state index is 12.8. The monoisotopic (exact) mass is 398 g/mol. The third kappa shape index (κ3) is 9.00. The van der Waals surface area contributed by atoms with E-state index in [1.807, 2.05) is 0 Å². The van der Waals surface area contributed by atoms with Gasteiger partial charge in [-0.1, -0.05) is 90.2 Å². The maximum Gasteiger partial charge on any atom is 0.312 e. The molecule has 4 nitrogen and oxygen atoms in total. The Bertz CT molecular complexity index is 625. The van der Waals surface area contributed by atoms with Gasteiger partial charge in [0.15, 0.2) is 11.5 Å². The number of unbranched alkanes of at least 4 members (excludes halogenated alkanes) is 8. The summed E-state index contributed by atoms with van der Waals surface area (Å²) in [5, 5.41) is 9.58. The molecule has 0 saturated heterocycles. The molecule has 0 aliphatic carbocycles. The fourth-order valence-corrected chi connectivity index (χ4v) is 4.71. The van der Waals surface area contributed by atoms with E-state index < -0.39 is 15.4 Å². The minimum Gasteiger partial charge on any atom is -0.504 e. The Kier molecular flexibility index (Phi) is 11.5. The molecule has 5 heteroatoms. The van der Waals surface area contributed by atoms with Gasteiger partial charge in [0.25, 0.3) is 0 Å². The lowest BCUT2D eigenvalue weighted by molar-refractivity contribution is 0.413. The Labute approximate surface area is 166 Å². The lowest BCUT2D eigenvalue weighted by Gasteiger charge is -2.18. The van der Waals surface area contributed by atoms with Gasteiger partial charge in [-0.25, -0.2) is 0 Å². The third-order valence-corrected chi connectivity index (χ3v) is 6.77. The van der Waals surface area contributed by atoms with Crippen molar-refractivity contribution in [1.82, 2.24) is 0 Å². The zero-order valence-corrected chi connectivity index (χ0v) is 18.2. The molecule has 1 aromatic carbocycles. The van der Waals surface area contributed by atoms with Crippen molar-refractivity contribution in [3.63, 3.8) is 0 Å². The molecule has 0 aliphatic rings. The van der Waals surface area contributed by atoms with Gasteiger partial charge in [0.1, 0.15) is 0 Å². The van der Waals surface area contributed by atoms with Gasteiger partial charge in [0.2, 0.25) is 0 Å². The number of benzene rings is 1. The van der Waals surface area contributed by atoms with E-state index >= 15 is 0 Å². The summed E-state index contributed by atoms with van der Waals surface area (Å²) in [6.07, 6.45) is 12.4. The van der Waals surface area contributed by atoms with Gasteiger partial charge in [-0.2, -0.15) is 8.42 Å². The van der Waals surface area contributed by atoms with Crippen LogP contribution in [-0.2, 0) is 10.1 Å². The largest absolute Gasteiger partial charge is 0.504 e. The molecule has 27 heavy (non-hydrogen) atoms. The number of hydrogen-bond acceptors (Lipinski definition) is 4. The number of para-hydroxylation sites is 1. The molecule has 1 rings (SSSR count). The van der Waals surface area contributed by atoms with Crippen molar-refractivity contribution in [2.45, 2.75) is 103 Å². The summed E-state index contributed by atoms with van der Waals surface area (Å²) in [7, 11) is -3.76. The number of phenols is 1. The topological polar surface area (TPSA) is 63.6 Å². The maximum atomic E-state index is 12.8. The fourth-order valence-electron chi connectivity index (χ4n) is 3.28. The van der Waals surface area contributed by atoms with E-state index in [9.17, 15) is 13.5 Å². The van der Waals surface area contributed by atoms with E-state index in [1.165, 1.54) is 38.2 Å². The smallest absolute Gasteiger partial charge is 0.312 e. The van der Waals surface area contributed by atoms with Crippen LogP contribution in [0.4, 0.5) is 0 Å². The van der Waals surface area contributed by atoms with Crippen LogP contribution in [0.5, 0.6) is 11.5 Å². The van der Waals surface area contributed by atoms with E-state index in [0.29, 0.717) is 18.4 Å². The molecule has 1 atom stereocenters. The van der Waals surface area contributed by atoms with Crippen LogP contribution in [0.1, 0.15) is 96.5 Å². The second kappa shape index (κ2) is 13.0. The van der Waals surface area contributed by atoms with Gasteiger partial charge in [-0.15, -0.1) is 0 Å². The zero-order chi connectivity index (χ0) is 20.1. The molecule has 0 spiro atoms. The Morgan fingerprint density at radius 1 is 0.889 bits per heavy atom. The van der Waals surface area contributed by atoms with Crippen LogP contribution in [-0.4, -0.2) is 18.8 Å². The van der Waals surface area contributed by atoms with Crippen LogP contribution in [0.3, 0.4) is 0 Å². The number of rotatable bonds is 15. The van der Waals surface area contributed by atoms with Crippen molar-refractivity contribution >= 4 is 10.1 Å². The van der Waals surface area contributed by atoms with Crippen LogP contribution in [0.15, 0.2) is 18.2 Å². The molecule has 1 unspecified atom stereocenters. The van der Waals surface area contributed by atoms with Crippen molar-refractivity contribution < 1.29 is 17.7 Å². The molecule has 0 fully saturated rings. The Hall–Kier alpha value is -1.23. The lowest BCUT2D eigenvalue weighted by atomic mass is 10.0. The predicted octanol–water partition coefficient (Wildman–Crippen LogP) is 6.50. The Morgan fingerprint density at radius 2 is 1.41 bits per heavy atom. The number of phenolic OH excluding ortho intramolecular Hbond substituents is 1. The van der Waals surface area contributed by atoms with Crippen molar-refractivity contribution in [1.29, 1.82) is 0 Å². The van der Waals surface area contributed by atoms with Gasteiger partial charge in [0, 0.05) is 0 Å². The van der Waals surface area contributed by atoms with Gasteiger partial charge in [-0.3, -0.25) is 0 Å². The highest BCUT2D eigenvalue weighted by Crippen LogP contribution is 2.32. The first-order valence-electron chi connectivity index (χ1n) is 10.6. The second-order valence-electron chi connectivity index (χ2n) is 7.53. The van der Waals surface area contributed by atoms with Crippen LogP contribution in [0, 0.1) is 6.92 Å². The Balaban J connectivity index is 2.65. The summed E-state index contributed by atoms with van der Waals surface area (Å²) >= 11 is 0. The second-order valence-corrected chi connectivity index (χ2v) is 9.34.